The topological polar surface area (TPSA) is 41.9 Å². The fourth-order valence-corrected chi connectivity index (χ4v) is 2.83. The Morgan fingerprint density at radius 1 is 1.26 bits per heavy atom. The van der Waals surface area contributed by atoms with Crippen molar-refractivity contribution < 1.29 is 14.6 Å². The summed E-state index contributed by atoms with van der Waals surface area (Å²) in [7, 11) is 0. The zero-order valence-corrected chi connectivity index (χ0v) is 11.1. The number of para-hydroxylation sites is 1. The zero-order chi connectivity index (χ0) is 13.1. The van der Waals surface area contributed by atoms with Gasteiger partial charge in [-0.25, -0.2) is 0 Å². The average Bonchev–Trinajstić information content (AvgIpc) is 2.63. The van der Waals surface area contributed by atoms with E-state index in [1.165, 1.54) is 5.56 Å². The maximum atomic E-state index is 10.0. The lowest BCUT2D eigenvalue weighted by Crippen LogP contribution is -2.41. The highest BCUT2D eigenvalue weighted by Crippen LogP contribution is 2.24. The van der Waals surface area contributed by atoms with E-state index in [2.05, 4.69) is 11.0 Å². The second-order valence-electron chi connectivity index (χ2n) is 5.38. The Balaban J connectivity index is 1.65. The van der Waals surface area contributed by atoms with Gasteiger partial charge in [0.05, 0.1) is 12.7 Å². The van der Waals surface area contributed by atoms with Crippen LogP contribution in [0.15, 0.2) is 24.3 Å². The molecule has 19 heavy (non-hydrogen) atoms. The van der Waals surface area contributed by atoms with Gasteiger partial charge in [-0.05, 0) is 12.5 Å². The first-order chi connectivity index (χ1) is 9.33. The van der Waals surface area contributed by atoms with Gasteiger partial charge in [-0.1, -0.05) is 18.2 Å². The van der Waals surface area contributed by atoms with Crippen LogP contribution in [0.1, 0.15) is 12.0 Å². The molecule has 2 heterocycles. The van der Waals surface area contributed by atoms with E-state index < -0.39 is 0 Å². The number of ether oxygens (including phenoxy) is 2. The lowest BCUT2D eigenvalue weighted by atomic mass is 9.98. The normalized spacial score (nSPS) is 28.3. The Morgan fingerprint density at radius 2 is 2.16 bits per heavy atom. The first kappa shape index (κ1) is 12.9. The summed E-state index contributed by atoms with van der Waals surface area (Å²) in [5.74, 6) is 1.21. The highest BCUT2D eigenvalue weighted by Gasteiger charge is 2.26. The van der Waals surface area contributed by atoms with E-state index in [0.29, 0.717) is 19.8 Å². The summed E-state index contributed by atoms with van der Waals surface area (Å²) in [6.07, 6.45) is 0.527. The predicted molar refractivity (Wildman–Crippen MR) is 72.1 cm³/mol. The van der Waals surface area contributed by atoms with Crippen LogP contribution in [0.5, 0.6) is 5.75 Å². The average molecular weight is 263 g/mol. The Hall–Kier alpha value is -1.10. The molecule has 1 aromatic carbocycles. The molecule has 2 aliphatic rings. The number of nitrogens with zero attached hydrogens (tertiary/aromatic N) is 1. The van der Waals surface area contributed by atoms with Crippen LogP contribution in [0.25, 0.3) is 0 Å². The fraction of sp³-hybridized carbons (Fsp3) is 0.600. The Bertz CT molecular complexity index is 424. The molecule has 3 rings (SSSR count). The third-order valence-corrected chi connectivity index (χ3v) is 3.96. The van der Waals surface area contributed by atoms with Gasteiger partial charge in [0, 0.05) is 37.7 Å². The van der Waals surface area contributed by atoms with Crippen molar-refractivity contribution in [2.24, 2.45) is 5.92 Å². The molecule has 0 aromatic heterocycles. The van der Waals surface area contributed by atoms with Crippen molar-refractivity contribution in [3.05, 3.63) is 29.8 Å². The van der Waals surface area contributed by atoms with Gasteiger partial charge in [0.1, 0.15) is 12.4 Å². The molecule has 1 fully saturated rings. The van der Waals surface area contributed by atoms with Gasteiger partial charge in [-0.2, -0.15) is 0 Å². The zero-order valence-electron chi connectivity index (χ0n) is 11.1. The summed E-state index contributed by atoms with van der Waals surface area (Å²) >= 11 is 0. The summed E-state index contributed by atoms with van der Waals surface area (Å²) in [5.41, 5.74) is 1.23. The van der Waals surface area contributed by atoms with Crippen LogP contribution in [0.2, 0.25) is 0 Å². The second kappa shape index (κ2) is 5.90. The van der Waals surface area contributed by atoms with E-state index in [1.54, 1.807) is 0 Å². The van der Waals surface area contributed by atoms with Gasteiger partial charge < -0.3 is 14.6 Å². The fourth-order valence-electron chi connectivity index (χ4n) is 2.83. The van der Waals surface area contributed by atoms with Gasteiger partial charge in [-0.15, -0.1) is 0 Å². The van der Waals surface area contributed by atoms with Gasteiger partial charge in [0.15, 0.2) is 0 Å². The van der Waals surface area contributed by atoms with Crippen LogP contribution >= 0.6 is 0 Å². The molecule has 2 atom stereocenters. The maximum absolute atomic E-state index is 10.0. The quantitative estimate of drug-likeness (QED) is 0.873. The Morgan fingerprint density at radius 3 is 3.05 bits per heavy atom. The van der Waals surface area contributed by atoms with Crippen molar-refractivity contribution in [1.82, 2.24) is 4.90 Å². The number of aliphatic hydroxyl groups is 1. The van der Waals surface area contributed by atoms with Gasteiger partial charge in [-0.3, -0.25) is 4.90 Å². The van der Waals surface area contributed by atoms with Crippen LogP contribution < -0.4 is 4.74 Å². The van der Waals surface area contributed by atoms with Crippen molar-refractivity contribution in [2.75, 3.05) is 32.9 Å². The molecule has 2 unspecified atom stereocenters. The number of rotatable bonds is 2. The number of benzene rings is 1. The van der Waals surface area contributed by atoms with E-state index in [4.69, 9.17) is 9.47 Å². The lowest BCUT2D eigenvalue weighted by Gasteiger charge is -2.32. The number of aliphatic hydroxyl groups excluding tert-OH is 1. The van der Waals surface area contributed by atoms with Gasteiger partial charge in [0.2, 0.25) is 0 Å². The molecule has 1 N–H and O–H groups in total. The summed E-state index contributed by atoms with van der Waals surface area (Å²) in [6, 6.07) is 8.19. The van der Waals surface area contributed by atoms with Crippen LogP contribution in [0.4, 0.5) is 0 Å². The molecule has 2 aliphatic heterocycles. The molecule has 0 amide bonds. The summed E-state index contributed by atoms with van der Waals surface area (Å²) < 4.78 is 11.2. The smallest absolute Gasteiger partial charge is 0.123 e. The lowest BCUT2D eigenvalue weighted by molar-refractivity contribution is -0.0476. The molecular formula is C15H21NO3. The highest BCUT2D eigenvalue weighted by atomic mass is 16.5. The number of hydrogen-bond donors (Lipinski definition) is 1. The molecule has 4 nitrogen and oxygen atoms in total. The standard InChI is InChI=1S/C15H21NO3/c17-14-5-7-18-11-13(14)10-16-6-8-19-15-4-2-1-3-12(15)9-16/h1-4,13-14,17H,5-11H2. The van der Waals surface area contributed by atoms with E-state index in [0.717, 1.165) is 31.8 Å². The third kappa shape index (κ3) is 3.08. The maximum Gasteiger partial charge on any atom is 0.123 e. The molecule has 0 aliphatic carbocycles. The van der Waals surface area contributed by atoms with Crippen molar-refractivity contribution >= 4 is 0 Å². The monoisotopic (exact) mass is 263 g/mol. The van der Waals surface area contributed by atoms with Gasteiger partial charge in [0.25, 0.3) is 0 Å². The first-order valence-corrected chi connectivity index (χ1v) is 7.02. The summed E-state index contributed by atoms with van der Waals surface area (Å²) in [6.45, 7) is 4.72. The molecule has 0 saturated carbocycles. The largest absolute Gasteiger partial charge is 0.492 e. The number of hydrogen-bond acceptors (Lipinski definition) is 4. The van der Waals surface area contributed by atoms with E-state index >= 15 is 0 Å². The van der Waals surface area contributed by atoms with Crippen LogP contribution in [-0.4, -0.2) is 49.0 Å². The SMILES string of the molecule is OC1CCOCC1CN1CCOc2ccccc2C1. The molecule has 1 aromatic rings. The minimum atomic E-state index is -0.229. The van der Waals surface area contributed by atoms with Crippen molar-refractivity contribution in [3.8, 4) is 5.75 Å². The van der Waals surface area contributed by atoms with Crippen molar-refractivity contribution in [2.45, 2.75) is 19.1 Å². The molecule has 1 saturated heterocycles. The Labute approximate surface area is 113 Å². The van der Waals surface area contributed by atoms with Crippen LogP contribution in [0.3, 0.4) is 0 Å². The second-order valence-corrected chi connectivity index (χ2v) is 5.38. The van der Waals surface area contributed by atoms with E-state index in [-0.39, 0.29) is 12.0 Å². The summed E-state index contributed by atoms with van der Waals surface area (Å²) in [4.78, 5) is 2.36. The highest BCUT2D eigenvalue weighted by molar-refractivity contribution is 5.33. The first-order valence-electron chi connectivity index (χ1n) is 7.02. The summed E-state index contributed by atoms with van der Waals surface area (Å²) in [5, 5.41) is 10.0. The van der Waals surface area contributed by atoms with Crippen LogP contribution in [0, 0.1) is 5.92 Å². The van der Waals surface area contributed by atoms with Gasteiger partial charge >= 0.3 is 0 Å². The third-order valence-electron chi connectivity index (χ3n) is 3.96. The molecule has 0 radical (unpaired) electrons. The molecule has 104 valence electrons. The van der Waals surface area contributed by atoms with Crippen LogP contribution in [-0.2, 0) is 11.3 Å². The molecule has 0 spiro atoms. The van der Waals surface area contributed by atoms with Crippen molar-refractivity contribution in [1.29, 1.82) is 0 Å². The van der Waals surface area contributed by atoms with Crippen molar-refractivity contribution in [3.63, 3.8) is 0 Å². The molecule has 0 bridgehead atoms. The van der Waals surface area contributed by atoms with E-state index in [1.807, 2.05) is 18.2 Å². The number of fused-ring (bicyclic) bond motifs is 1. The predicted octanol–water partition coefficient (Wildman–Crippen LogP) is 1.28. The molecule has 4 heteroatoms. The minimum absolute atomic E-state index is 0.221. The Kier molecular flexibility index (Phi) is 4.01. The molecular weight excluding hydrogens is 242 g/mol. The minimum Gasteiger partial charge on any atom is -0.492 e. The van der Waals surface area contributed by atoms with E-state index in [9.17, 15) is 5.11 Å².